The molecular weight excluding hydrogens is 231 g/mol. The lowest BCUT2D eigenvalue weighted by Gasteiger charge is -2.14. The standard InChI is InChI=1S/C11H14Cl2N2/c1-11(2,3)15-10(14)7-4-8(12)6-9(13)5-7/h4-6H,1-3H3,(H2,14,15). The number of rotatable bonds is 1. The van der Waals surface area contributed by atoms with Gasteiger partial charge in [0, 0.05) is 15.6 Å². The van der Waals surface area contributed by atoms with Gasteiger partial charge in [0.25, 0.3) is 0 Å². The highest BCUT2D eigenvalue weighted by atomic mass is 35.5. The van der Waals surface area contributed by atoms with Crippen molar-refractivity contribution in [3.8, 4) is 0 Å². The number of amidine groups is 1. The Bertz CT molecular complexity index is 372. The molecule has 0 saturated heterocycles. The highest BCUT2D eigenvalue weighted by molar-refractivity contribution is 6.35. The number of hydrogen-bond donors (Lipinski definition) is 1. The summed E-state index contributed by atoms with van der Waals surface area (Å²) in [5.74, 6) is 0.451. The lowest BCUT2D eigenvalue weighted by molar-refractivity contribution is 0.583. The molecule has 1 rings (SSSR count). The van der Waals surface area contributed by atoms with Crippen LogP contribution in [-0.4, -0.2) is 11.4 Å². The first kappa shape index (κ1) is 12.3. The van der Waals surface area contributed by atoms with Crippen LogP contribution >= 0.6 is 23.2 Å². The van der Waals surface area contributed by atoms with Crippen molar-refractivity contribution in [2.75, 3.05) is 0 Å². The summed E-state index contributed by atoms with van der Waals surface area (Å²) in [5.41, 5.74) is 6.39. The number of benzene rings is 1. The van der Waals surface area contributed by atoms with Crippen LogP contribution in [0.25, 0.3) is 0 Å². The molecule has 2 N–H and O–H groups in total. The first-order valence-electron chi connectivity index (χ1n) is 4.60. The van der Waals surface area contributed by atoms with Gasteiger partial charge < -0.3 is 5.73 Å². The fourth-order valence-electron chi connectivity index (χ4n) is 1.13. The highest BCUT2D eigenvalue weighted by Gasteiger charge is 2.10. The zero-order chi connectivity index (χ0) is 11.6. The summed E-state index contributed by atoms with van der Waals surface area (Å²) in [7, 11) is 0. The smallest absolute Gasteiger partial charge is 0.126 e. The molecule has 0 heterocycles. The minimum absolute atomic E-state index is 0.209. The molecule has 1 aromatic carbocycles. The Morgan fingerprint density at radius 3 is 2.00 bits per heavy atom. The molecule has 1 aromatic rings. The molecule has 0 bridgehead atoms. The van der Waals surface area contributed by atoms with Gasteiger partial charge in [-0.15, -0.1) is 0 Å². The molecule has 0 unspecified atom stereocenters. The average Bonchev–Trinajstić information content (AvgIpc) is 1.98. The van der Waals surface area contributed by atoms with E-state index in [0.717, 1.165) is 5.56 Å². The molecule has 0 amide bonds. The summed E-state index contributed by atoms with van der Waals surface area (Å²) < 4.78 is 0. The largest absolute Gasteiger partial charge is 0.383 e. The second kappa shape index (κ2) is 4.42. The molecule has 4 heteroatoms. The maximum absolute atomic E-state index is 5.87. The Kier molecular flexibility index (Phi) is 3.63. The SMILES string of the molecule is CC(C)(C)N=C(N)c1cc(Cl)cc(Cl)c1. The van der Waals surface area contributed by atoms with Crippen molar-refractivity contribution in [2.45, 2.75) is 26.3 Å². The summed E-state index contributed by atoms with van der Waals surface area (Å²) in [6.45, 7) is 5.93. The number of halogens is 2. The summed E-state index contributed by atoms with van der Waals surface area (Å²) in [6.07, 6.45) is 0. The van der Waals surface area contributed by atoms with Crippen LogP contribution in [0.3, 0.4) is 0 Å². The molecule has 0 saturated carbocycles. The van der Waals surface area contributed by atoms with Gasteiger partial charge in [0.05, 0.1) is 5.54 Å². The van der Waals surface area contributed by atoms with Crippen molar-refractivity contribution in [2.24, 2.45) is 10.7 Å². The number of nitrogens with two attached hydrogens (primary N) is 1. The Hall–Kier alpha value is -0.730. The molecule has 0 aromatic heterocycles. The Morgan fingerprint density at radius 1 is 1.13 bits per heavy atom. The topological polar surface area (TPSA) is 38.4 Å². The lowest BCUT2D eigenvalue weighted by atomic mass is 10.1. The van der Waals surface area contributed by atoms with Gasteiger partial charge >= 0.3 is 0 Å². The maximum Gasteiger partial charge on any atom is 0.126 e. The van der Waals surface area contributed by atoms with E-state index >= 15 is 0 Å². The van der Waals surface area contributed by atoms with Crippen LogP contribution in [0.15, 0.2) is 23.2 Å². The van der Waals surface area contributed by atoms with E-state index in [9.17, 15) is 0 Å². The fraction of sp³-hybridized carbons (Fsp3) is 0.364. The van der Waals surface area contributed by atoms with Crippen LogP contribution in [-0.2, 0) is 0 Å². The molecule has 0 aliphatic carbocycles. The quantitative estimate of drug-likeness (QED) is 0.596. The van der Waals surface area contributed by atoms with Gasteiger partial charge in [0.15, 0.2) is 0 Å². The van der Waals surface area contributed by atoms with Crippen molar-refractivity contribution in [1.29, 1.82) is 0 Å². The van der Waals surface area contributed by atoms with Crippen LogP contribution < -0.4 is 5.73 Å². The van der Waals surface area contributed by atoms with Crippen LogP contribution in [0.2, 0.25) is 10.0 Å². The maximum atomic E-state index is 5.87. The van der Waals surface area contributed by atoms with E-state index in [1.165, 1.54) is 0 Å². The van der Waals surface area contributed by atoms with Gasteiger partial charge in [0.2, 0.25) is 0 Å². The fourth-order valence-corrected chi connectivity index (χ4v) is 1.65. The summed E-state index contributed by atoms with van der Waals surface area (Å²) in [4.78, 5) is 4.34. The third-order valence-corrected chi connectivity index (χ3v) is 2.05. The van der Waals surface area contributed by atoms with E-state index in [-0.39, 0.29) is 5.54 Å². The predicted molar refractivity (Wildman–Crippen MR) is 66.9 cm³/mol. The number of nitrogens with zero attached hydrogens (tertiary/aromatic N) is 1. The van der Waals surface area contributed by atoms with E-state index in [1.54, 1.807) is 18.2 Å². The Labute approximate surface area is 100 Å². The summed E-state index contributed by atoms with van der Waals surface area (Å²) >= 11 is 11.7. The summed E-state index contributed by atoms with van der Waals surface area (Å²) in [6, 6.07) is 5.16. The normalized spacial score (nSPS) is 13.0. The first-order valence-corrected chi connectivity index (χ1v) is 5.35. The molecule has 0 spiro atoms. The van der Waals surface area contributed by atoms with E-state index in [0.29, 0.717) is 15.9 Å². The number of aliphatic imine (C=N–C) groups is 1. The Balaban J connectivity index is 3.11. The highest BCUT2D eigenvalue weighted by Crippen LogP contribution is 2.19. The van der Waals surface area contributed by atoms with Gasteiger partial charge in [-0.1, -0.05) is 23.2 Å². The van der Waals surface area contributed by atoms with Crippen molar-refractivity contribution in [3.05, 3.63) is 33.8 Å². The second-order valence-corrected chi connectivity index (χ2v) is 5.20. The van der Waals surface area contributed by atoms with Crippen LogP contribution in [0, 0.1) is 0 Å². The van der Waals surface area contributed by atoms with E-state index in [2.05, 4.69) is 4.99 Å². The molecule has 0 radical (unpaired) electrons. The molecule has 0 aliphatic rings. The average molecular weight is 245 g/mol. The lowest BCUT2D eigenvalue weighted by Crippen LogP contribution is -2.21. The van der Waals surface area contributed by atoms with E-state index in [1.807, 2.05) is 20.8 Å². The molecule has 0 aliphatic heterocycles. The minimum Gasteiger partial charge on any atom is -0.383 e. The predicted octanol–water partition coefficient (Wildman–Crippen LogP) is 3.50. The van der Waals surface area contributed by atoms with Crippen molar-refractivity contribution >= 4 is 29.0 Å². The third-order valence-electron chi connectivity index (χ3n) is 1.61. The summed E-state index contributed by atoms with van der Waals surface area (Å²) in [5, 5.41) is 1.12. The third kappa shape index (κ3) is 4.10. The van der Waals surface area contributed by atoms with Gasteiger partial charge in [-0.05, 0) is 39.0 Å². The van der Waals surface area contributed by atoms with Gasteiger partial charge in [-0.2, -0.15) is 0 Å². The van der Waals surface area contributed by atoms with Crippen molar-refractivity contribution in [1.82, 2.24) is 0 Å². The molecule has 0 fully saturated rings. The zero-order valence-electron chi connectivity index (χ0n) is 9.01. The molecule has 82 valence electrons. The van der Waals surface area contributed by atoms with Gasteiger partial charge in [-0.3, -0.25) is 4.99 Å². The van der Waals surface area contributed by atoms with Crippen LogP contribution in [0.1, 0.15) is 26.3 Å². The van der Waals surface area contributed by atoms with Crippen LogP contribution in [0.4, 0.5) is 0 Å². The van der Waals surface area contributed by atoms with Crippen molar-refractivity contribution < 1.29 is 0 Å². The monoisotopic (exact) mass is 244 g/mol. The molecule has 2 nitrogen and oxygen atoms in total. The zero-order valence-corrected chi connectivity index (χ0v) is 10.5. The minimum atomic E-state index is -0.209. The number of hydrogen-bond acceptors (Lipinski definition) is 1. The van der Waals surface area contributed by atoms with Crippen molar-refractivity contribution in [3.63, 3.8) is 0 Å². The van der Waals surface area contributed by atoms with Crippen LogP contribution in [0.5, 0.6) is 0 Å². The van der Waals surface area contributed by atoms with E-state index in [4.69, 9.17) is 28.9 Å². The molecule has 15 heavy (non-hydrogen) atoms. The second-order valence-electron chi connectivity index (χ2n) is 4.33. The van der Waals surface area contributed by atoms with E-state index < -0.39 is 0 Å². The molecular formula is C11H14Cl2N2. The van der Waals surface area contributed by atoms with Gasteiger partial charge in [0.1, 0.15) is 5.84 Å². The first-order chi connectivity index (χ1) is 6.78. The molecule has 0 atom stereocenters. The van der Waals surface area contributed by atoms with Gasteiger partial charge in [-0.25, -0.2) is 0 Å². The Morgan fingerprint density at radius 2 is 1.60 bits per heavy atom.